The number of hydrogen-bond acceptors (Lipinski definition) is 8. The lowest BCUT2D eigenvalue weighted by Gasteiger charge is -2.22. The summed E-state index contributed by atoms with van der Waals surface area (Å²) >= 11 is 0. The molecule has 0 aromatic heterocycles. The average Bonchev–Trinajstić information content (AvgIpc) is 2.43. The highest BCUT2D eigenvalue weighted by atomic mass is 32.2. The quantitative estimate of drug-likeness (QED) is 0.237. The molecule has 0 spiro atoms. The highest BCUT2D eigenvalue weighted by Gasteiger charge is 2.38. The molecular weight excluding hydrogens is 366 g/mol. The lowest BCUT2D eigenvalue weighted by Crippen LogP contribution is -2.37. The number of rotatable bonds is 6. The van der Waals surface area contributed by atoms with Gasteiger partial charge < -0.3 is 4.74 Å². The first kappa shape index (κ1) is 21.4. The molecule has 0 heterocycles. The maximum atomic E-state index is 12.6. The zero-order valence-corrected chi connectivity index (χ0v) is 15.7. The molecule has 1 atom stereocenters. The SMILES string of the molecule is CC(=O)C(C(=O)OC(C)(C)C)C(=O)c1ccc(S(C)(=O)=O)cc1[N+](=O)[O-]. The Bertz CT molecular complexity index is 880. The van der Waals surface area contributed by atoms with Crippen LogP contribution in [-0.2, 0) is 24.2 Å². The second-order valence-electron chi connectivity index (χ2n) is 6.65. The Labute approximate surface area is 150 Å². The van der Waals surface area contributed by atoms with Gasteiger partial charge in [-0.25, -0.2) is 8.42 Å². The molecule has 0 bridgehead atoms. The predicted octanol–water partition coefficient (Wildman–Crippen LogP) is 1.73. The molecule has 1 aromatic rings. The summed E-state index contributed by atoms with van der Waals surface area (Å²) in [4.78, 5) is 46.6. The molecule has 0 radical (unpaired) electrons. The minimum absolute atomic E-state index is 0.364. The topological polar surface area (TPSA) is 138 Å². The van der Waals surface area contributed by atoms with Crippen molar-refractivity contribution in [2.75, 3.05) is 6.26 Å². The van der Waals surface area contributed by atoms with Crippen LogP contribution in [0.15, 0.2) is 23.1 Å². The van der Waals surface area contributed by atoms with Gasteiger partial charge in [-0.15, -0.1) is 0 Å². The minimum atomic E-state index is -3.75. The number of ether oxygens (including phenoxy) is 1. The number of ketones is 2. The van der Waals surface area contributed by atoms with Crippen molar-refractivity contribution in [2.45, 2.75) is 38.2 Å². The molecule has 0 fully saturated rings. The van der Waals surface area contributed by atoms with Crippen molar-refractivity contribution in [2.24, 2.45) is 5.92 Å². The van der Waals surface area contributed by atoms with Crippen LogP contribution in [0.1, 0.15) is 38.1 Å². The molecule has 0 N–H and O–H groups in total. The van der Waals surface area contributed by atoms with Crippen LogP contribution in [0, 0.1) is 16.0 Å². The largest absolute Gasteiger partial charge is 0.459 e. The lowest BCUT2D eigenvalue weighted by atomic mass is 9.93. The molecular formula is C16H19NO8S. The summed E-state index contributed by atoms with van der Waals surface area (Å²) in [7, 11) is -3.75. The Morgan fingerprint density at radius 1 is 1.19 bits per heavy atom. The van der Waals surface area contributed by atoms with Crippen LogP contribution in [0.5, 0.6) is 0 Å². The average molecular weight is 385 g/mol. The van der Waals surface area contributed by atoms with Crippen molar-refractivity contribution in [1.29, 1.82) is 0 Å². The van der Waals surface area contributed by atoms with Gasteiger partial charge in [0.1, 0.15) is 5.60 Å². The van der Waals surface area contributed by atoms with Gasteiger partial charge in [0.05, 0.1) is 15.4 Å². The molecule has 9 nitrogen and oxygen atoms in total. The van der Waals surface area contributed by atoms with Crippen molar-refractivity contribution >= 4 is 33.1 Å². The maximum absolute atomic E-state index is 12.6. The molecule has 0 aliphatic rings. The van der Waals surface area contributed by atoms with Gasteiger partial charge in [-0.1, -0.05) is 0 Å². The van der Waals surface area contributed by atoms with E-state index in [0.29, 0.717) is 0 Å². The van der Waals surface area contributed by atoms with Gasteiger partial charge in [0.15, 0.2) is 27.3 Å². The number of Topliss-reactive ketones (excluding diaryl/α,β-unsaturated/α-hetero) is 2. The summed E-state index contributed by atoms with van der Waals surface area (Å²) in [6.07, 6.45) is 0.854. The molecule has 1 rings (SSSR count). The number of hydrogen-bond donors (Lipinski definition) is 0. The fraction of sp³-hybridized carbons (Fsp3) is 0.438. The standard InChI is InChI=1S/C16H19NO8S/c1-9(18)13(15(20)25-16(2,3)4)14(19)11-7-6-10(26(5,23)24)8-12(11)17(21)22/h6-8,13H,1-5H3. The van der Waals surface area contributed by atoms with Crippen LogP contribution >= 0.6 is 0 Å². The van der Waals surface area contributed by atoms with E-state index in [9.17, 15) is 32.9 Å². The van der Waals surface area contributed by atoms with Gasteiger partial charge in [0, 0.05) is 12.3 Å². The van der Waals surface area contributed by atoms with Crippen molar-refractivity contribution in [3.8, 4) is 0 Å². The summed E-state index contributed by atoms with van der Waals surface area (Å²) < 4.78 is 28.2. The third kappa shape index (κ3) is 5.19. The van der Waals surface area contributed by atoms with E-state index >= 15 is 0 Å². The zero-order valence-electron chi connectivity index (χ0n) is 14.9. The molecule has 10 heteroatoms. The summed E-state index contributed by atoms with van der Waals surface area (Å²) in [6, 6.07) is 2.63. The third-order valence-electron chi connectivity index (χ3n) is 3.17. The van der Waals surface area contributed by atoms with Gasteiger partial charge in [-0.3, -0.25) is 24.5 Å². The Hall–Kier alpha value is -2.62. The second-order valence-corrected chi connectivity index (χ2v) is 8.67. The second kappa shape index (κ2) is 7.32. The van der Waals surface area contributed by atoms with Gasteiger partial charge in [-0.2, -0.15) is 0 Å². The highest BCUT2D eigenvalue weighted by molar-refractivity contribution is 7.90. The first-order valence-electron chi connectivity index (χ1n) is 7.41. The number of carbonyl (C=O) groups excluding carboxylic acids is 3. The Morgan fingerprint density at radius 3 is 2.12 bits per heavy atom. The summed E-state index contributed by atoms with van der Waals surface area (Å²) in [5, 5.41) is 11.3. The van der Waals surface area contributed by atoms with Crippen molar-refractivity contribution in [1.82, 2.24) is 0 Å². The summed E-state index contributed by atoms with van der Waals surface area (Å²) in [5.74, 6) is -4.97. The number of nitro benzene ring substituents is 1. The summed E-state index contributed by atoms with van der Waals surface area (Å²) in [5.41, 5.74) is -2.34. The Balaban J connectivity index is 3.47. The zero-order chi connectivity index (χ0) is 20.4. The van der Waals surface area contributed by atoms with Crippen LogP contribution in [0.3, 0.4) is 0 Å². The molecule has 0 aliphatic heterocycles. The first-order chi connectivity index (χ1) is 11.6. The van der Waals surface area contributed by atoms with Crippen molar-refractivity contribution in [3.05, 3.63) is 33.9 Å². The highest BCUT2D eigenvalue weighted by Crippen LogP contribution is 2.27. The first-order valence-corrected chi connectivity index (χ1v) is 9.30. The number of nitro groups is 1. The number of esters is 1. The Kier molecular flexibility index (Phi) is 6.03. The van der Waals surface area contributed by atoms with E-state index in [-0.39, 0.29) is 4.90 Å². The molecule has 26 heavy (non-hydrogen) atoms. The number of nitrogens with zero attached hydrogens (tertiary/aromatic N) is 1. The summed E-state index contributed by atoms with van der Waals surface area (Å²) in [6.45, 7) is 5.60. The molecule has 0 saturated carbocycles. The molecule has 0 saturated heterocycles. The maximum Gasteiger partial charge on any atom is 0.325 e. The fourth-order valence-corrected chi connectivity index (χ4v) is 2.72. The van der Waals surface area contributed by atoms with Crippen LogP contribution in [-0.4, -0.2) is 42.7 Å². The van der Waals surface area contributed by atoms with E-state index < -0.39 is 55.1 Å². The van der Waals surface area contributed by atoms with E-state index in [4.69, 9.17) is 4.74 Å². The van der Waals surface area contributed by atoms with E-state index in [0.717, 1.165) is 31.4 Å². The van der Waals surface area contributed by atoms with Crippen molar-refractivity contribution in [3.63, 3.8) is 0 Å². The normalized spacial score (nSPS) is 13.0. The van der Waals surface area contributed by atoms with Gasteiger partial charge in [0.25, 0.3) is 5.69 Å². The smallest absolute Gasteiger partial charge is 0.325 e. The molecule has 0 amide bonds. The van der Waals surface area contributed by atoms with Gasteiger partial charge >= 0.3 is 5.97 Å². The third-order valence-corrected chi connectivity index (χ3v) is 4.28. The van der Waals surface area contributed by atoms with Gasteiger partial charge in [-0.05, 0) is 39.8 Å². The molecule has 142 valence electrons. The molecule has 1 unspecified atom stereocenters. The van der Waals surface area contributed by atoms with Crippen LogP contribution in [0.2, 0.25) is 0 Å². The van der Waals surface area contributed by atoms with E-state index in [1.165, 1.54) is 20.8 Å². The number of carbonyl (C=O) groups is 3. The predicted molar refractivity (Wildman–Crippen MR) is 90.6 cm³/mol. The Morgan fingerprint density at radius 2 is 1.73 bits per heavy atom. The fourth-order valence-electron chi connectivity index (χ4n) is 2.08. The van der Waals surface area contributed by atoms with Crippen LogP contribution < -0.4 is 0 Å². The molecule has 0 aliphatic carbocycles. The van der Waals surface area contributed by atoms with Crippen LogP contribution in [0.4, 0.5) is 5.69 Å². The van der Waals surface area contributed by atoms with Crippen LogP contribution in [0.25, 0.3) is 0 Å². The molecule has 1 aromatic carbocycles. The van der Waals surface area contributed by atoms with Crippen molar-refractivity contribution < 1.29 is 32.5 Å². The van der Waals surface area contributed by atoms with E-state index in [1.807, 2.05) is 0 Å². The van der Waals surface area contributed by atoms with E-state index in [1.54, 1.807) is 0 Å². The minimum Gasteiger partial charge on any atom is -0.459 e. The van der Waals surface area contributed by atoms with Gasteiger partial charge in [0.2, 0.25) is 0 Å². The monoisotopic (exact) mass is 385 g/mol. The van der Waals surface area contributed by atoms with E-state index in [2.05, 4.69) is 0 Å². The number of sulfone groups is 1. The lowest BCUT2D eigenvalue weighted by molar-refractivity contribution is -0.385. The number of benzene rings is 1.